The molecule has 3 aromatic carbocycles. The van der Waals surface area contributed by atoms with E-state index in [1.807, 2.05) is 42.5 Å². The van der Waals surface area contributed by atoms with Gasteiger partial charge in [0.2, 0.25) is 0 Å². The zero-order chi connectivity index (χ0) is 14.8. The number of carbonyl (C=O) groups is 1. The first-order valence-electron chi connectivity index (χ1n) is 6.60. The molecular weight excluding hydrogens is 287 g/mol. The van der Waals surface area contributed by atoms with E-state index in [9.17, 15) is 9.18 Å². The topological polar surface area (TPSA) is 17.1 Å². The number of fused-ring (bicyclic) bond motifs is 1. The van der Waals surface area contributed by atoms with Crippen LogP contribution in [0.3, 0.4) is 0 Å². The Hall–Kier alpha value is -2.19. The van der Waals surface area contributed by atoms with E-state index in [1.54, 1.807) is 6.07 Å². The van der Waals surface area contributed by atoms with Crippen molar-refractivity contribution in [2.24, 2.45) is 0 Å². The number of carbonyl (C=O) groups excluding carboxylic acids is 1. The largest absolute Gasteiger partial charge is 0.294 e. The van der Waals surface area contributed by atoms with Crippen molar-refractivity contribution in [1.29, 1.82) is 0 Å². The van der Waals surface area contributed by atoms with Gasteiger partial charge in [-0.2, -0.15) is 0 Å². The molecule has 3 rings (SSSR count). The molecule has 104 valence electrons. The van der Waals surface area contributed by atoms with E-state index in [1.165, 1.54) is 12.1 Å². The molecule has 0 N–H and O–H groups in total. The summed E-state index contributed by atoms with van der Waals surface area (Å²) in [4.78, 5) is 12.5. The Kier molecular flexibility index (Phi) is 3.72. The number of benzene rings is 3. The third kappa shape index (κ3) is 2.81. The van der Waals surface area contributed by atoms with Crippen molar-refractivity contribution in [3.8, 4) is 0 Å². The second kappa shape index (κ2) is 5.66. The SMILES string of the molecule is O=C(Cc1ccc(F)c(Cl)c1)c1cccc2ccccc12. The van der Waals surface area contributed by atoms with E-state index >= 15 is 0 Å². The molecule has 0 amide bonds. The maximum absolute atomic E-state index is 13.2. The first kappa shape index (κ1) is 13.8. The second-order valence-electron chi connectivity index (χ2n) is 4.88. The van der Waals surface area contributed by atoms with Crippen molar-refractivity contribution >= 4 is 28.2 Å². The van der Waals surface area contributed by atoms with E-state index in [0.717, 1.165) is 10.8 Å². The lowest BCUT2D eigenvalue weighted by Gasteiger charge is -2.06. The van der Waals surface area contributed by atoms with Gasteiger partial charge >= 0.3 is 0 Å². The van der Waals surface area contributed by atoms with Crippen LogP contribution in [0.4, 0.5) is 4.39 Å². The molecule has 0 saturated carbocycles. The predicted molar refractivity (Wildman–Crippen MR) is 83.4 cm³/mol. The summed E-state index contributed by atoms with van der Waals surface area (Å²) in [6.45, 7) is 0. The molecule has 3 aromatic rings. The van der Waals surface area contributed by atoms with Gasteiger partial charge in [0.25, 0.3) is 0 Å². The predicted octanol–water partition coefficient (Wildman–Crippen LogP) is 5.06. The van der Waals surface area contributed by atoms with Crippen LogP contribution in [0.15, 0.2) is 60.7 Å². The van der Waals surface area contributed by atoms with Crippen molar-refractivity contribution in [1.82, 2.24) is 0 Å². The summed E-state index contributed by atoms with van der Waals surface area (Å²) in [6.07, 6.45) is 0.202. The van der Waals surface area contributed by atoms with Gasteiger partial charge in [-0.1, -0.05) is 60.1 Å². The van der Waals surface area contributed by atoms with Crippen LogP contribution in [0.5, 0.6) is 0 Å². The normalized spacial score (nSPS) is 10.8. The smallest absolute Gasteiger partial charge is 0.167 e. The van der Waals surface area contributed by atoms with Gasteiger partial charge in [0.05, 0.1) is 5.02 Å². The molecule has 1 nitrogen and oxygen atoms in total. The molecule has 0 aliphatic carbocycles. The van der Waals surface area contributed by atoms with Gasteiger partial charge in [-0.25, -0.2) is 4.39 Å². The summed E-state index contributed by atoms with van der Waals surface area (Å²) >= 11 is 5.75. The number of ketones is 1. The maximum atomic E-state index is 13.2. The fourth-order valence-electron chi connectivity index (χ4n) is 2.40. The van der Waals surface area contributed by atoms with Gasteiger partial charge in [-0.15, -0.1) is 0 Å². The molecule has 3 heteroatoms. The fourth-order valence-corrected chi connectivity index (χ4v) is 2.60. The molecule has 0 spiro atoms. The highest BCUT2D eigenvalue weighted by atomic mass is 35.5. The van der Waals surface area contributed by atoms with Gasteiger partial charge in [0.15, 0.2) is 5.78 Å². The second-order valence-corrected chi connectivity index (χ2v) is 5.28. The number of hydrogen-bond donors (Lipinski definition) is 0. The summed E-state index contributed by atoms with van der Waals surface area (Å²) in [7, 11) is 0. The van der Waals surface area contributed by atoms with Gasteiger partial charge in [-0.3, -0.25) is 4.79 Å². The fraction of sp³-hybridized carbons (Fsp3) is 0.0556. The third-order valence-electron chi connectivity index (χ3n) is 3.44. The van der Waals surface area contributed by atoms with Crippen molar-refractivity contribution in [3.05, 3.63) is 82.6 Å². The van der Waals surface area contributed by atoms with E-state index in [2.05, 4.69) is 0 Å². The van der Waals surface area contributed by atoms with Crippen LogP contribution in [-0.2, 0) is 6.42 Å². The van der Waals surface area contributed by atoms with Gasteiger partial charge in [-0.05, 0) is 28.5 Å². The Balaban J connectivity index is 1.95. The highest BCUT2D eigenvalue weighted by Gasteiger charge is 2.11. The number of Topliss-reactive ketones (excluding diaryl/α,β-unsaturated/α-hetero) is 1. The standard InChI is InChI=1S/C18H12ClFO/c19-16-10-12(8-9-17(16)20)11-18(21)15-7-3-5-13-4-1-2-6-14(13)15/h1-10H,11H2. The number of rotatable bonds is 3. The lowest BCUT2D eigenvalue weighted by Crippen LogP contribution is -2.04. The Labute approximate surface area is 127 Å². The van der Waals surface area contributed by atoms with Crippen LogP contribution in [0, 0.1) is 5.82 Å². The van der Waals surface area contributed by atoms with Gasteiger partial charge < -0.3 is 0 Å². The van der Waals surface area contributed by atoms with Crippen LogP contribution < -0.4 is 0 Å². The average molecular weight is 299 g/mol. The lowest BCUT2D eigenvalue weighted by molar-refractivity contribution is 0.0994. The highest BCUT2D eigenvalue weighted by molar-refractivity contribution is 6.30. The molecule has 0 aliphatic rings. The molecular formula is C18H12ClFO. The highest BCUT2D eigenvalue weighted by Crippen LogP contribution is 2.22. The van der Waals surface area contributed by atoms with Crippen LogP contribution >= 0.6 is 11.6 Å². The average Bonchev–Trinajstić information content (AvgIpc) is 2.50. The first-order valence-corrected chi connectivity index (χ1v) is 6.98. The minimum Gasteiger partial charge on any atom is -0.294 e. The Bertz CT molecular complexity index is 821. The van der Waals surface area contributed by atoms with Crippen molar-refractivity contribution in [2.45, 2.75) is 6.42 Å². The Morgan fingerprint density at radius 1 is 1.00 bits per heavy atom. The molecule has 0 radical (unpaired) electrons. The molecule has 0 atom stereocenters. The summed E-state index contributed by atoms with van der Waals surface area (Å²) in [5.74, 6) is -0.479. The minimum atomic E-state index is -0.474. The van der Waals surface area contributed by atoms with Crippen LogP contribution in [0.25, 0.3) is 10.8 Å². The molecule has 0 bridgehead atoms. The zero-order valence-electron chi connectivity index (χ0n) is 11.1. The summed E-state index contributed by atoms with van der Waals surface area (Å²) in [6, 6.07) is 17.8. The van der Waals surface area contributed by atoms with Crippen LogP contribution in [-0.4, -0.2) is 5.78 Å². The molecule has 21 heavy (non-hydrogen) atoms. The third-order valence-corrected chi connectivity index (χ3v) is 3.73. The zero-order valence-corrected chi connectivity index (χ0v) is 11.9. The van der Waals surface area contributed by atoms with Crippen molar-refractivity contribution in [3.63, 3.8) is 0 Å². The molecule has 0 aromatic heterocycles. The minimum absolute atomic E-state index is 0.00512. The maximum Gasteiger partial charge on any atom is 0.167 e. The van der Waals surface area contributed by atoms with E-state index in [4.69, 9.17) is 11.6 Å². The summed E-state index contributed by atoms with van der Waals surface area (Å²) < 4.78 is 13.2. The molecule has 0 aliphatic heterocycles. The first-order chi connectivity index (χ1) is 10.1. The van der Waals surface area contributed by atoms with E-state index < -0.39 is 5.82 Å². The number of halogens is 2. The molecule has 0 saturated heterocycles. The monoisotopic (exact) mass is 298 g/mol. The van der Waals surface area contributed by atoms with Gasteiger partial charge in [0.1, 0.15) is 5.82 Å². The Morgan fingerprint density at radius 2 is 1.76 bits per heavy atom. The van der Waals surface area contributed by atoms with Crippen molar-refractivity contribution in [2.75, 3.05) is 0 Å². The van der Waals surface area contributed by atoms with E-state index in [0.29, 0.717) is 11.1 Å². The lowest BCUT2D eigenvalue weighted by atomic mass is 9.97. The molecule has 0 fully saturated rings. The summed E-state index contributed by atoms with van der Waals surface area (Å²) in [5, 5.41) is 2.00. The number of hydrogen-bond acceptors (Lipinski definition) is 1. The summed E-state index contributed by atoms with van der Waals surface area (Å²) in [5.41, 5.74) is 1.38. The molecule has 0 unspecified atom stereocenters. The van der Waals surface area contributed by atoms with Crippen LogP contribution in [0.1, 0.15) is 15.9 Å². The quantitative estimate of drug-likeness (QED) is 0.618. The van der Waals surface area contributed by atoms with Crippen molar-refractivity contribution < 1.29 is 9.18 Å². The molecule has 0 heterocycles. The van der Waals surface area contributed by atoms with Gasteiger partial charge in [0, 0.05) is 12.0 Å². The van der Waals surface area contributed by atoms with Crippen LogP contribution in [0.2, 0.25) is 5.02 Å². The van der Waals surface area contributed by atoms with E-state index in [-0.39, 0.29) is 17.2 Å². The Morgan fingerprint density at radius 3 is 2.57 bits per heavy atom.